The number of nitrogens with one attached hydrogen (secondary N) is 1. The van der Waals surface area contributed by atoms with Crippen LogP contribution in [0.25, 0.3) is 0 Å². The van der Waals surface area contributed by atoms with Crippen LogP contribution in [0, 0.1) is 0 Å². The van der Waals surface area contributed by atoms with Crippen LogP contribution < -0.4 is 5.32 Å². The largest absolute Gasteiger partial charge is 0.379 e. The van der Waals surface area contributed by atoms with Crippen LogP contribution in [0.5, 0.6) is 0 Å². The fourth-order valence-electron chi connectivity index (χ4n) is 1.37. The summed E-state index contributed by atoms with van der Waals surface area (Å²) in [5, 5.41) is 12.1. The molecule has 2 nitrogen and oxygen atoms in total. The third-order valence-corrected chi connectivity index (χ3v) is 1.85. The van der Waals surface area contributed by atoms with Crippen molar-refractivity contribution < 1.29 is 5.11 Å². The maximum Gasteiger partial charge on any atom is 0.105 e. The van der Waals surface area contributed by atoms with Crippen LogP contribution in [0.15, 0.2) is 0 Å². The van der Waals surface area contributed by atoms with E-state index >= 15 is 0 Å². The Morgan fingerprint density at radius 3 is 2.78 bits per heavy atom. The van der Waals surface area contributed by atoms with Gasteiger partial charge in [-0.2, -0.15) is 0 Å². The van der Waals surface area contributed by atoms with E-state index in [1.165, 1.54) is 12.8 Å². The maximum atomic E-state index is 9.02. The Labute approximate surface area is 56.3 Å². The molecule has 1 rings (SSSR count). The molecule has 0 aromatic heterocycles. The highest BCUT2D eigenvalue weighted by Gasteiger charge is 2.19. The molecular weight excluding hydrogens is 114 g/mol. The number of hydrogen-bond donors (Lipinski definition) is 2. The zero-order valence-corrected chi connectivity index (χ0v) is 5.93. The minimum Gasteiger partial charge on any atom is -0.379 e. The molecule has 0 spiro atoms. The van der Waals surface area contributed by atoms with Crippen molar-refractivity contribution >= 4 is 0 Å². The number of aliphatic hydroxyl groups excluding tert-OH is 1. The first-order chi connectivity index (χ1) is 4.33. The summed E-state index contributed by atoms with van der Waals surface area (Å²) in [6.45, 7) is 2.17. The van der Waals surface area contributed by atoms with E-state index in [0.717, 1.165) is 12.8 Å². The lowest BCUT2D eigenvalue weighted by Crippen LogP contribution is -2.28. The van der Waals surface area contributed by atoms with Crippen molar-refractivity contribution in [3.8, 4) is 0 Å². The van der Waals surface area contributed by atoms with Gasteiger partial charge in [0.05, 0.1) is 0 Å². The molecular formula is C7H15NO. The highest BCUT2D eigenvalue weighted by molar-refractivity contribution is 4.76. The topological polar surface area (TPSA) is 32.3 Å². The molecule has 0 bridgehead atoms. The quantitative estimate of drug-likeness (QED) is 0.579. The molecule has 1 aliphatic rings. The molecule has 1 saturated heterocycles. The average molecular weight is 129 g/mol. The van der Waals surface area contributed by atoms with E-state index in [1.54, 1.807) is 0 Å². The van der Waals surface area contributed by atoms with Crippen molar-refractivity contribution in [1.82, 2.24) is 5.32 Å². The molecule has 0 aromatic carbocycles. The fourth-order valence-corrected chi connectivity index (χ4v) is 1.37. The molecule has 2 heteroatoms. The number of aliphatic hydroxyl groups is 1. The normalized spacial score (nSPS) is 35.3. The zero-order valence-electron chi connectivity index (χ0n) is 5.93. The van der Waals surface area contributed by atoms with Gasteiger partial charge in [-0.15, -0.1) is 0 Å². The first-order valence-corrected chi connectivity index (χ1v) is 3.77. The molecule has 0 aliphatic carbocycles. The van der Waals surface area contributed by atoms with Gasteiger partial charge in [0.25, 0.3) is 0 Å². The molecule has 0 radical (unpaired) electrons. The van der Waals surface area contributed by atoms with Gasteiger partial charge < -0.3 is 5.11 Å². The molecule has 0 aromatic rings. The molecule has 0 saturated carbocycles. The smallest absolute Gasteiger partial charge is 0.105 e. The van der Waals surface area contributed by atoms with Crippen molar-refractivity contribution in [2.45, 2.75) is 44.9 Å². The van der Waals surface area contributed by atoms with Crippen LogP contribution in [0.1, 0.15) is 32.6 Å². The van der Waals surface area contributed by atoms with Gasteiger partial charge in [-0.05, 0) is 19.3 Å². The van der Waals surface area contributed by atoms with E-state index in [9.17, 15) is 0 Å². The van der Waals surface area contributed by atoms with Gasteiger partial charge in [0, 0.05) is 6.04 Å². The standard InChI is InChI=1S/C7H15NO/c1-2-3-6-4-5-7(9)8-6/h6-9H,2-5H2,1H3. The summed E-state index contributed by atoms with van der Waals surface area (Å²) >= 11 is 0. The Kier molecular flexibility index (Phi) is 2.49. The molecule has 9 heavy (non-hydrogen) atoms. The molecule has 1 fully saturated rings. The van der Waals surface area contributed by atoms with Gasteiger partial charge in [0.1, 0.15) is 6.23 Å². The van der Waals surface area contributed by atoms with Gasteiger partial charge in [0.15, 0.2) is 0 Å². The van der Waals surface area contributed by atoms with Crippen LogP contribution >= 0.6 is 0 Å². The summed E-state index contributed by atoms with van der Waals surface area (Å²) in [7, 11) is 0. The SMILES string of the molecule is CCCC1CCC(O)N1. The minimum atomic E-state index is -0.221. The summed E-state index contributed by atoms with van der Waals surface area (Å²) in [5.74, 6) is 0. The monoisotopic (exact) mass is 129 g/mol. The van der Waals surface area contributed by atoms with Crippen molar-refractivity contribution in [3.05, 3.63) is 0 Å². The van der Waals surface area contributed by atoms with Gasteiger partial charge in [0.2, 0.25) is 0 Å². The molecule has 1 aliphatic heterocycles. The van der Waals surface area contributed by atoms with Crippen molar-refractivity contribution in [2.24, 2.45) is 0 Å². The van der Waals surface area contributed by atoms with Crippen LogP contribution in [0.2, 0.25) is 0 Å². The Balaban J connectivity index is 2.14. The third-order valence-electron chi connectivity index (χ3n) is 1.85. The van der Waals surface area contributed by atoms with E-state index in [0.29, 0.717) is 6.04 Å². The number of rotatable bonds is 2. The Hall–Kier alpha value is -0.0800. The minimum absolute atomic E-state index is 0.221. The summed E-state index contributed by atoms with van der Waals surface area (Å²) < 4.78 is 0. The van der Waals surface area contributed by atoms with Gasteiger partial charge >= 0.3 is 0 Å². The summed E-state index contributed by atoms with van der Waals surface area (Å²) in [5.41, 5.74) is 0. The predicted molar refractivity (Wildman–Crippen MR) is 37.1 cm³/mol. The van der Waals surface area contributed by atoms with E-state index in [4.69, 9.17) is 5.11 Å². The van der Waals surface area contributed by atoms with E-state index in [1.807, 2.05) is 0 Å². The van der Waals surface area contributed by atoms with E-state index in [-0.39, 0.29) is 6.23 Å². The molecule has 2 unspecified atom stereocenters. The highest BCUT2D eigenvalue weighted by atomic mass is 16.3. The van der Waals surface area contributed by atoms with E-state index < -0.39 is 0 Å². The lowest BCUT2D eigenvalue weighted by molar-refractivity contribution is 0.154. The summed E-state index contributed by atoms with van der Waals surface area (Å²) in [6.07, 6.45) is 4.28. The van der Waals surface area contributed by atoms with Gasteiger partial charge in [-0.1, -0.05) is 13.3 Å². The lowest BCUT2D eigenvalue weighted by Gasteiger charge is -2.07. The first kappa shape index (κ1) is 7.03. The van der Waals surface area contributed by atoms with Gasteiger partial charge in [-0.3, -0.25) is 5.32 Å². The molecule has 54 valence electrons. The Morgan fingerprint density at radius 1 is 1.56 bits per heavy atom. The molecule has 2 atom stereocenters. The molecule has 2 N–H and O–H groups in total. The number of hydrogen-bond acceptors (Lipinski definition) is 2. The summed E-state index contributed by atoms with van der Waals surface area (Å²) in [4.78, 5) is 0. The van der Waals surface area contributed by atoms with Crippen molar-refractivity contribution in [1.29, 1.82) is 0 Å². The van der Waals surface area contributed by atoms with E-state index in [2.05, 4.69) is 12.2 Å². The van der Waals surface area contributed by atoms with Crippen LogP contribution in [0.3, 0.4) is 0 Å². The third kappa shape index (κ3) is 1.95. The predicted octanol–water partition coefficient (Wildman–Crippen LogP) is 0.857. The fraction of sp³-hybridized carbons (Fsp3) is 1.00. The summed E-state index contributed by atoms with van der Waals surface area (Å²) in [6, 6.07) is 0.588. The van der Waals surface area contributed by atoms with Crippen molar-refractivity contribution in [2.75, 3.05) is 0 Å². The average Bonchev–Trinajstić information content (AvgIpc) is 2.17. The maximum absolute atomic E-state index is 9.02. The molecule has 1 heterocycles. The second kappa shape index (κ2) is 3.18. The van der Waals surface area contributed by atoms with Crippen LogP contribution in [-0.2, 0) is 0 Å². The Bertz CT molecular complexity index is 83.0. The van der Waals surface area contributed by atoms with Crippen molar-refractivity contribution in [3.63, 3.8) is 0 Å². The lowest BCUT2D eigenvalue weighted by atomic mass is 10.1. The first-order valence-electron chi connectivity index (χ1n) is 3.77. The molecule has 0 amide bonds. The second-order valence-electron chi connectivity index (χ2n) is 2.75. The zero-order chi connectivity index (χ0) is 6.69. The van der Waals surface area contributed by atoms with Gasteiger partial charge in [-0.25, -0.2) is 0 Å². The van der Waals surface area contributed by atoms with Crippen LogP contribution in [-0.4, -0.2) is 17.4 Å². The van der Waals surface area contributed by atoms with Crippen LogP contribution in [0.4, 0.5) is 0 Å². The highest BCUT2D eigenvalue weighted by Crippen LogP contribution is 2.13. The second-order valence-corrected chi connectivity index (χ2v) is 2.75. The Morgan fingerprint density at radius 2 is 2.33 bits per heavy atom.